The van der Waals surface area contributed by atoms with Crippen LogP contribution in [0.25, 0.3) is 0 Å². The molecule has 112 valence electrons. The normalized spacial score (nSPS) is 22.6. The summed E-state index contributed by atoms with van der Waals surface area (Å²) in [7, 11) is -6.07. The second kappa shape index (κ2) is 5.83. The Morgan fingerprint density at radius 2 is 1.90 bits per heavy atom. The molecule has 1 fully saturated rings. The Hall–Kier alpha value is -0.920. The third-order valence-electron chi connectivity index (χ3n) is 3.41. The standard InChI is InChI=1S/C13H19NO4S2/c1-19(15,16)13-6-4-11(5-7-13)9-14-12-3-2-8-20(17,18)10-12/h4-7,12,14H,2-3,8-10H2,1H3. The van der Waals surface area contributed by atoms with E-state index in [2.05, 4.69) is 5.32 Å². The predicted molar refractivity (Wildman–Crippen MR) is 78.1 cm³/mol. The molecule has 0 aliphatic carbocycles. The van der Waals surface area contributed by atoms with E-state index in [4.69, 9.17) is 0 Å². The Morgan fingerprint density at radius 3 is 2.45 bits per heavy atom. The highest BCUT2D eigenvalue weighted by Crippen LogP contribution is 2.14. The van der Waals surface area contributed by atoms with Crippen LogP contribution in [-0.2, 0) is 26.2 Å². The molecule has 0 saturated carbocycles. The van der Waals surface area contributed by atoms with E-state index in [-0.39, 0.29) is 17.5 Å². The summed E-state index contributed by atoms with van der Waals surface area (Å²) in [6.45, 7) is 0.546. The molecule has 0 bridgehead atoms. The Bertz CT molecular complexity index is 663. The van der Waals surface area contributed by atoms with Crippen LogP contribution in [0.4, 0.5) is 0 Å². The first-order valence-electron chi connectivity index (χ1n) is 6.49. The van der Waals surface area contributed by atoms with E-state index in [1.807, 2.05) is 0 Å². The van der Waals surface area contributed by atoms with Gasteiger partial charge in [0.1, 0.15) is 0 Å². The summed E-state index contributed by atoms with van der Waals surface area (Å²) < 4.78 is 45.7. The van der Waals surface area contributed by atoms with Crippen LogP contribution in [0.2, 0.25) is 0 Å². The van der Waals surface area contributed by atoms with Gasteiger partial charge in [0.25, 0.3) is 0 Å². The van der Waals surface area contributed by atoms with Gasteiger partial charge < -0.3 is 5.32 Å². The molecule has 1 aliphatic rings. The molecule has 2 rings (SSSR count). The minimum atomic E-state index is -3.17. The molecule has 0 radical (unpaired) electrons. The molecule has 1 unspecified atom stereocenters. The zero-order valence-corrected chi connectivity index (χ0v) is 13.0. The van der Waals surface area contributed by atoms with Crippen LogP contribution in [0.3, 0.4) is 0 Å². The average Bonchev–Trinajstić information content (AvgIpc) is 2.35. The van der Waals surface area contributed by atoms with E-state index in [1.54, 1.807) is 24.3 Å². The number of hydrogen-bond donors (Lipinski definition) is 1. The van der Waals surface area contributed by atoms with Crippen molar-refractivity contribution >= 4 is 19.7 Å². The number of benzene rings is 1. The summed E-state index contributed by atoms with van der Waals surface area (Å²) in [5.41, 5.74) is 0.945. The van der Waals surface area contributed by atoms with E-state index < -0.39 is 19.7 Å². The van der Waals surface area contributed by atoms with E-state index in [0.29, 0.717) is 17.9 Å². The van der Waals surface area contributed by atoms with Crippen molar-refractivity contribution in [2.24, 2.45) is 0 Å². The van der Waals surface area contributed by atoms with Gasteiger partial charge in [-0.05, 0) is 30.5 Å². The van der Waals surface area contributed by atoms with Crippen molar-refractivity contribution < 1.29 is 16.8 Å². The molecule has 1 saturated heterocycles. The summed E-state index contributed by atoms with van der Waals surface area (Å²) >= 11 is 0. The fourth-order valence-corrected chi connectivity index (χ4v) is 4.60. The molecule has 0 amide bonds. The van der Waals surface area contributed by atoms with E-state index in [1.165, 1.54) is 6.26 Å². The predicted octanol–water partition coefficient (Wildman–Crippen LogP) is 0.757. The van der Waals surface area contributed by atoms with Crippen LogP contribution in [-0.4, -0.2) is 40.6 Å². The van der Waals surface area contributed by atoms with Crippen LogP contribution in [0, 0.1) is 0 Å². The molecule has 1 aliphatic heterocycles. The zero-order chi connectivity index (χ0) is 14.8. The fraction of sp³-hybridized carbons (Fsp3) is 0.538. The van der Waals surface area contributed by atoms with Crippen molar-refractivity contribution in [1.82, 2.24) is 5.32 Å². The van der Waals surface area contributed by atoms with Crippen LogP contribution in [0.15, 0.2) is 29.2 Å². The topological polar surface area (TPSA) is 80.3 Å². The van der Waals surface area contributed by atoms with Crippen molar-refractivity contribution in [3.63, 3.8) is 0 Å². The van der Waals surface area contributed by atoms with E-state index in [0.717, 1.165) is 12.0 Å². The third kappa shape index (κ3) is 4.29. The Balaban J connectivity index is 1.94. The van der Waals surface area contributed by atoms with Gasteiger partial charge in [0.15, 0.2) is 19.7 Å². The molecule has 1 N–H and O–H groups in total. The molecule has 7 heteroatoms. The maximum Gasteiger partial charge on any atom is 0.175 e. The van der Waals surface area contributed by atoms with Gasteiger partial charge in [-0.15, -0.1) is 0 Å². The monoisotopic (exact) mass is 317 g/mol. The number of hydrogen-bond acceptors (Lipinski definition) is 5. The molecule has 1 heterocycles. The number of rotatable bonds is 4. The first-order valence-corrected chi connectivity index (χ1v) is 10.2. The summed E-state index contributed by atoms with van der Waals surface area (Å²) in [4.78, 5) is 0.293. The molecule has 0 spiro atoms. The highest BCUT2D eigenvalue weighted by molar-refractivity contribution is 7.91. The first-order chi connectivity index (χ1) is 9.26. The van der Waals surface area contributed by atoms with Crippen molar-refractivity contribution in [3.8, 4) is 0 Å². The second-order valence-corrected chi connectivity index (χ2v) is 9.49. The summed E-state index contributed by atoms with van der Waals surface area (Å²) in [6.07, 6.45) is 2.74. The maximum absolute atomic E-state index is 11.5. The van der Waals surface area contributed by atoms with Gasteiger partial charge in [-0.3, -0.25) is 0 Å². The van der Waals surface area contributed by atoms with Gasteiger partial charge in [-0.2, -0.15) is 0 Å². The minimum Gasteiger partial charge on any atom is -0.309 e. The number of sulfone groups is 2. The fourth-order valence-electron chi connectivity index (χ4n) is 2.30. The van der Waals surface area contributed by atoms with Gasteiger partial charge in [-0.1, -0.05) is 12.1 Å². The van der Waals surface area contributed by atoms with Crippen LogP contribution in [0.1, 0.15) is 18.4 Å². The molecule has 1 aromatic carbocycles. The Kier molecular flexibility index (Phi) is 4.51. The van der Waals surface area contributed by atoms with Gasteiger partial charge in [0.05, 0.1) is 16.4 Å². The van der Waals surface area contributed by atoms with Crippen molar-refractivity contribution in [2.45, 2.75) is 30.3 Å². The lowest BCUT2D eigenvalue weighted by atomic mass is 10.1. The van der Waals surface area contributed by atoms with Crippen molar-refractivity contribution in [2.75, 3.05) is 17.8 Å². The molecule has 5 nitrogen and oxygen atoms in total. The van der Waals surface area contributed by atoms with E-state index in [9.17, 15) is 16.8 Å². The lowest BCUT2D eigenvalue weighted by molar-refractivity contribution is 0.480. The highest BCUT2D eigenvalue weighted by Gasteiger charge is 2.24. The molecule has 0 aromatic heterocycles. The molecular formula is C13H19NO4S2. The summed E-state index contributed by atoms with van der Waals surface area (Å²) in [5.74, 6) is 0.475. The summed E-state index contributed by atoms with van der Waals surface area (Å²) in [5, 5.41) is 3.22. The average molecular weight is 317 g/mol. The third-order valence-corrected chi connectivity index (χ3v) is 6.36. The number of nitrogens with one attached hydrogen (secondary N) is 1. The first kappa shape index (κ1) is 15.5. The smallest absolute Gasteiger partial charge is 0.175 e. The zero-order valence-electron chi connectivity index (χ0n) is 11.4. The van der Waals surface area contributed by atoms with Crippen molar-refractivity contribution in [1.29, 1.82) is 0 Å². The van der Waals surface area contributed by atoms with Crippen molar-refractivity contribution in [3.05, 3.63) is 29.8 Å². The van der Waals surface area contributed by atoms with Crippen LogP contribution >= 0.6 is 0 Å². The van der Waals surface area contributed by atoms with Crippen LogP contribution < -0.4 is 5.32 Å². The Morgan fingerprint density at radius 1 is 1.25 bits per heavy atom. The molecular weight excluding hydrogens is 298 g/mol. The van der Waals surface area contributed by atoms with Crippen LogP contribution in [0.5, 0.6) is 0 Å². The second-order valence-electron chi connectivity index (χ2n) is 5.25. The van der Waals surface area contributed by atoms with E-state index >= 15 is 0 Å². The molecule has 1 aromatic rings. The maximum atomic E-state index is 11.5. The minimum absolute atomic E-state index is 0.0108. The molecule has 1 atom stereocenters. The van der Waals surface area contributed by atoms with Gasteiger partial charge >= 0.3 is 0 Å². The summed E-state index contributed by atoms with van der Waals surface area (Å²) in [6, 6.07) is 6.64. The SMILES string of the molecule is CS(=O)(=O)c1ccc(CNC2CCCS(=O)(=O)C2)cc1. The lowest BCUT2D eigenvalue weighted by Crippen LogP contribution is -2.39. The highest BCUT2D eigenvalue weighted by atomic mass is 32.2. The largest absolute Gasteiger partial charge is 0.309 e. The van der Waals surface area contributed by atoms with Gasteiger partial charge in [-0.25, -0.2) is 16.8 Å². The Labute approximate surface area is 120 Å². The van der Waals surface area contributed by atoms with Gasteiger partial charge in [0.2, 0.25) is 0 Å². The van der Waals surface area contributed by atoms with Gasteiger partial charge in [0, 0.05) is 18.8 Å². The quantitative estimate of drug-likeness (QED) is 0.886. The lowest BCUT2D eigenvalue weighted by Gasteiger charge is -2.23. The molecule has 20 heavy (non-hydrogen) atoms.